The number of carbonyl (C=O) groups excluding carboxylic acids is 1. The van der Waals surface area contributed by atoms with Crippen molar-refractivity contribution in [3.8, 4) is 5.75 Å². The van der Waals surface area contributed by atoms with Crippen molar-refractivity contribution in [2.24, 2.45) is 0 Å². The lowest BCUT2D eigenvalue weighted by Gasteiger charge is -2.09. The van der Waals surface area contributed by atoms with Crippen molar-refractivity contribution in [2.45, 2.75) is 19.8 Å². The molecule has 0 bridgehead atoms. The summed E-state index contributed by atoms with van der Waals surface area (Å²) in [5.74, 6) is 0.317. The maximum Gasteiger partial charge on any atom is 0.255 e. The van der Waals surface area contributed by atoms with Gasteiger partial charge in [0, 0.05) is 11.3 Å². The molecule has 4 nitrogen and oxygen atoms in total. The van der Waals surface area contributed by atoms with Crippen LogP contribution in [0.4, 0.5) is 11.4 Å². The minimum Gasteiger partial charge on any atom is -0.495 e. The molecule has 0 aliphatic rings. The quantitative estimate of drug-likeness (QED) is 0.826. The molecule has 1 amide bonds. The number of ether oxygens (including phenoxy) is 1. The Morgan fingerprint density at radius 2 is 1.90 bits per heavy atom. The lowest BCUT2D eigenvalue weighted by Crippen LogP contribution is -2.12. The molecular weight excluding hydrogens is 264 g/mol. The predicted octanol–water partition coefficient (Wildman–Crippen LogP) is 3.48. The van der Waals surface area contributed by atoms with Crippen molar-refractivity contribution in [2.75, 3.05) is 18.2 Å². The summed E-state index contributed by atoms with van der Waals surface area (Å²) in [4.78, 5) is 12.2. The van der Waals surface area contributed by atoms with E-state index in [4.69, 9.17) is 10.5 Å². The van der Waals surface area contributed by atoms with E-state index in [1.807, 2.05) is 24.3 Å². The van der Waals surface area contributed by atoms with Crippen LogP contribution < -0.4 is 15.8 Å². The molecule has 0 aromatic heterocycles. The van der Waals surface area contributed by atoms with Crippen LogP contribution in [0.2, 0.25) is 0 Å². The summed E-state index contributed by atoms with van der Waals surface area (Å²) in [6.07, 6.45) is 2.15. The van der Waals surface area contributed by atoms with Gasteiger partial charge in [0.2, 0.25) is 0 Å². The molecule has 110 valence electrons. The standard InChI is InChI=1S/C17H20N2O2/c1-3-4-12-5-8-14(9-6-12)19-17(20)13-7-10-15(18)16(11-13)21-2/h5-11H,3-4,18H2,1-2H3,(H,19,20). The molecule has 21 heavy (non-hydrogen) atoms. The van der Waals surface area contributed by atoms with Crippen LogP contribution in [0.5, 0.6) is 5.75 Å². The van der Waals surface area contributed by atoms with E-state index in [0.717, 1.165) is 18.5 Å². The lowest BCUT2D eigenvalue weighted by atomic mass is 10.1. The van der Waals surface area contributed by atoms with E-state index in [1.54, 1.807) is 18.2 Å². The van der Waals surface area contributed by atoms with Gasteiger partial charge in [0.25, 0.3) is 5.91 Å². The molecule has 0 saturated heterocycles. The van der Waals surface area contributed by atoms with E-state index in [9.17, 15) is 4.79 Å². The van der Waals surface area contributed by atoms with Crippen molar-refractivity contribution < 1.29 is 9.53 Å². The normalized spacial score (nSPS) is 10.2. The average molecular weight is 284 g/mol. The van der Waals surface area contributed by atoms with Gasteiger partial charge in [0.15, 0.2) is 0 Å². The number of hydrogen-bond acceptors (Lipinski definition) is 3. The second-order valence-corrected chi connectivity index (χ2v) is 4.86. The summed E-state index contributed by atoms with van der Waals surface area (Å²) < 4.78 is 5.12. The number of rotatable bonds is 5. The lowest BCUT2D eigenvalue weighted by molar-refractivity contribution is 0.102. The second-order valence-electron chi connectivity index (χ2n) is 4.86. The second kappa shape index (κ2) is 6.79. The molecule has 0 fully saturated rings. The fourth-order valence-electron chi connectivity index (χ4n) is 2.10. The van der Waals surface area contributed by atoms with Gasteiger partial charge < -0.3 is 15.8 Å². The Labute approximate surface area is 124 Å². The highest BCUT2D eigenvalue weighted by Crippen LogP contribution is 2.22. The van der Waals surface area contributed by atoms with E-state index in [1.165, 1.54) is 12.7 Å². The zero-order chi connectivity index (χ0) is 15.2. The van der Waals surface area contributed by atoms with E-state index in [-0.39, 0.29) is 5.91 Å². The van der Waals surface area contributed by atoms with E-state index >= 15 is 0 Å². The van der Waals surface area contributed by atoms with E-state index < -0.39 is 0 Å². The van der Waals surface area contributed by atoms with Crippen LogP contribution in [0.1, 0.15) is 29.3 Å². The fourth-order valence-corrected chi connectivity index (χ4v) is 2.10. The minimum absolute atomic E-state index is 0.184. The number of anilines is 2. The number of nitrogens with two attached hydrogens (primary N) is 1. The maximum atomic E-state index is 12.2. The van der Waals surface area contributed by atoms with Crippen LogP contribution in [-0.4, -0.2) is 13.0 Å². The topological polar surface area (TPSA) is 64.4 Å². The van der Waals surface area contributed by atoms with Crippen molar-refractivity contribution >= 4 is 17.3 Å². The number of carbonyl (C=O) groups is 1. The van der Waals surface area contributed by atoms with Crippen molar-refractivity contribution in [1.29, 1.82) is 0 Å². The highest BCUT2D eigenvalue weighted by Gasteiger charge is 2.09. The van der Waals surface area contributed by atoms with Crippen LogP contribution >= 0.6 is 0 Å². The maximum absolute atomic E-state index is 12.2. The molecule has 0 atom stereocenters. The molecule has 3 N–H and O–H groups in total. The minimum atomic E-state index is -0.184. The molecule has 0 saturated carbocycles. The number of methoxy groups -OCH3 is 1. The van der Waals surface area contributed by atoms with E-state index in [2.05, 4.69) is 12.2 Å². The molecule has 0 aliphatic carbocycles. The zero-order valence-corrected chi connectivity index (χ0v) is 12.3. The molecule has 2 aromatic carbocycles. The van der Waals surface area contributed by atoms with Gasteiger partial charge in [-0.25, -0.2) is 0 Å². The Balaban J connectivity index is 2.10. The van der Waals surface area contributed by atoms with Crippen LogP contribution in [-0.2, 0) is 6.42 Å². The van der Waals surface area contributed by atoms with Gasteiger partial charge in [-0.1, -0.05) is 25.5 Å². The summed E-state index contributed by atoms with van der Waals surface area (Å²) in [5.41, 5.74) is 8.81. The predicted molar refractivity (Wildman–Crippen MR) is 85.8 cm³/mol. The van der Waals surface area contributed by atoms with Gasteiger partial charge in [-0.15, -0.1) is 0 Å². The smallest absolute Gasteiger partial charge is 0.255 e. The van der Waals surface area contributed by atoms with Gasteiger partial charge >= 0.3 is 0 Å². The number of nitrogens with one attached hydrogen (secondary N) is 1. The third-order valence-corrected chi connectivity index (χ3v) is 3.25. The number of nitrogen functional groups attached to an aromatic ring is 1. The van der Waals surface area contributed by atoms with Gasteiger partial charge in [0.05, 0.1) is 12.8 Å². The van der Waals surface area contributed by atoms with Crippen LogP contribution in [0.25, 0.3) is 0 Å². The Hall–Kier alpha value is -2.49. The van der Waals surface area contributed by atoms with Crippen molar-refractivity contribution in [1.82, 2.24) is 0 Å². The monoisotopic (exact) mass is 284 g/mol. The first-order valence-corrected chi connectivity index (χ1v) is 6.98. The highest BCUT2D eigenvalue weighted by atomic mass is 16.5. The Kier molecular flexibility index (Phi) is 4.82. The third kappa shape index (κ3) is 3.75. The summed E-state index contributed by atoms with van der Waals surface area (Å²) in [5, 5.41) is 2.86. The molecule has 0 heterocycles. The van der Waals surface area contributed by atoms with E-state index in [0.29, 0.717) is 17.0 Å². The zero-order valence-electron chi connectivity index (χ0n) is 12.3. The van der Waals surface area contributed by atoms with Gasteiger partial charge in [-0.05, 0) is 42.3 Å². The number of aryl methyl sites for hydroxylation is 1. The SMILES string of the molecule is CCCc1ccc(NC(=O)c2ccc(N)c(OC)c2)cc1. The molecule has 0 radical (unpaired) electrons. The Morgan fingerprint density at radius 3 is 2.52 bits per heavy atom. The number of amides is 1. The fraction of sp³-hybridized carbons (Fsp3) is 0.235. The molecule has 2 aromatic rings. The summed E-state index contributed by atoms with van der Waals surface area (Å²) in [6.45, 7) is 2.14. The number of hydrogen-bond donors (Lipinski definition) is 2. The van der Waals surface area contributed by atoms with Crippen LogP contribution in [0, 0.1) is 0 Å². The first kappa shape index (κ1) is 14.9. The summed E-state index contributed by atoms with van der Waals surface area (Å²) in [7, 11) is 1.53. The highest BCUT2D eigenvalue weighted by molar-refractivity contribution is 6.04. The van der Waals surface area contributed by atoms with Gasteiger partial charge in [-0.2, -0.15) is 0 Å². The number of benzene rings is 2. The van der Waals surface area contributed by atoms with Crippen LogP contribution in [0.3, 0.4) is 0 Å². The van der Waals surface area contributed by atoms with Crippen LogP contribution in [0.15, 0.2) is 42.5 Å². The molecule has 0 aliphatic heterocycles. The first-order chi connectivity index (χ1) is 10.1. The Morgan fingerprint density at radius 1 is 1.19 bits per heavy atom. The first-order valence-electron chi connectivity index (χ1n) is 6.98. The Bertz CT molecular complexity index is 621. The molecule has 0 unspecified atom stereocenters. The average Bonchev–Trinajstić information content (AvgIpc) is 2.50. The molecule has 0 spiro atoms. The molecule has 4 heteroatoms. The van der Waals surface area contributed by atoms with Gasteiger partial charge in [0.1, 0.15) is 5.75 Å². The molecule has 2 rings (SSSR count). The third-order valence-electron chi connectivity index (χ3n) is 3.25. The molecular formula is C17H20N2O2. The summed E-state index contributed by atoms with van der Waals surface area (Å²) >= 11 is 0. The largest absolute Gasteiger partial charge is 0.495 e. The van der Waals surface area contributed by atoms with Crippen molar-refractivity contribution in [3.05, 3.63) is 53.6 Å². The van der Waals surface area contributed by atoms with Gasteiger partial charge in [-0.3, -0.25) is 4.79 Å². The summed E-state index contributed by atoms with van der Waals surface area (Å²) in [6, 6.07) is 12.9. The van der Waals surface area contributed by atoms with Crippen molar-refractivity contribution in [3.63, 3.8) is 0 Å².